The summed E-state index contributed by atoms with van der Waals surface area (Å²) in [7, 11) is 3.76. The van der Waals surface area contributed by atoms with E-state index in [1.54, 1.807) is 0 Å². The summed E-state index contributed by atoms with van der Waals surface area (Å²) in [5.41, 5.74) is 0. The van der Waals surface area contributed by atoms with Gasteiger partial charge >= 0.3 is 11.9 Å². The molecule has 0 unspecified atom stereocenters. The average molecular weight is 306 g/mol. The minimum absolute atomic E-state index is 0.162. The number of esters is 2. The molecule has 0 spiro atoms. The molecule has 20 heavy (non-hydrogen) atoms. The minimum atomic E-state index is -0.609. The monoisotopic (exact) mass is 306 g/mol. The standard InChI is InChI=1S/C12H19NO6S/c1-13(2,4-7-18-10(15)3-6-14)5-8-19-11(16)9-12(17)20/h6H,3-5,7-9H2,1-2H3/p+1. The number of hydrogen-bond acceptors (Lipinski definition) is 6. The Labute approximate surface area is 123 Å². The van der Waals surface area contributed by atoms with Gasteiger partial charge in [0.15, 0.2) is 5.12 Å². The fourth-order valence-electron chi connectivity index (χ4n) is 1.23. The molecule has 0 heterocycles. The second-order valence-electron chi connectivity index (χ2n) is 4.77. The maximum atomic E-state index is 11.1. The van der Waals surface area contributed by atoms with Crippen LogP contribution in [0.15, 0.2) is 0 Å². The molecule has 0 aliphatic heterocycles. The van der Waals surface area contributed by atoms with Crippen LogP contribution in [-0.4, -0.2) is 68.2 Å². The van der Waals surface area contributed by atoms with Crippen molar-refractivity contribution >= 4 is 36.0 Å². The quantitative estimate of drug-likeness (QED) is 0.194. The maximum Gasteiger partial charge on any atom is 0.314 e. The molecule has 0 radical (unpaired) electrons. The van der Waals surface area contributed by atoms with Gasteiger partial charge in [0.25, 0.3) is 0 Å². The lowest BCUT2D eigenvalue weighted by molar-refractivity contribution is -0.890. The average Bonchev–Trinajstić information content (AvgIpc) is 2.27. The predicted octanol–water partition coefficient (Wildman–Crippen LogP) is -0.415. The zero-order valence-corrected chi connectivity index (χ0v) is 12.6. The topological polar surface area (TPSA) is 86.7 Å². The van der Waals surface area contributed by atoms with Gasteiger partial charge in [-0.3, -0.25) is 14.4 Å². The first kappa shape index (κ1) is 18.6. The number of rotatable bonds is 10. The molecule has 8 heteroatoms. The van der Waals surface area contributed by atoms with Gasteiger partial charge in [0.2, 0.25) is 0 Å². The van der Waals surface area contributed by atoms with Crippen molar-refractivity contribution in [3.63, 3.8) is 0 Å². The summed E-state index contributed by atoms with van der Waals surface area (Å²) >= 11 is 3.48. The highest BCUT2D eigenvalue weighted by molar-refractivity contribution is 7.96. The van der Waals surface area contributed by atoms with E-state index in [9.17, 15) is 19.2 Å². The third-order valence-corrected chi connectivity index (χ3v) is 2.62. The van der Waals surface area contributed by atoms with E-state index in [1.807, 2.05) is 14.1 Å². The van der Waals surface area contributed by atoms with Crippen LogP contribution in [0.3, 0.4) is 0 Å². The number of thiol groups is 1. The molecule has 7 nitrogen and oxygen atoms in total. The Morgan fingerprint density at radius 3 is 2.00 bits per heavy atom. The molecule has 0 aliphatic carbocycles. The second-order valence-corrected chi connectivity index (χ2v) is 5.26. The fourth-order valence-corrected chi connectivity index (χ4v) is 1.36. The summed E-state index contributed by atoms with van der Waals surface area (Å²) in [4.78, 5) is 42.7. The van der Waals surface area contributed by atoms with Gasteiger partial charge in [0.1, 0.15) is 45.4 Å². The molecule has 114 valence electrons. The van der Waals surface area contributed by atoms with Crippen molar-refractivity contribution in [1.82, 2.24) is 0 Å². The van der Waals surface area contributed by atoms with Crippen LogP contribution < -0.4 is 0 Å². The van der Waals surface area contributed by atoms with Crippen LogP contribution in [-0.2, 0) is 28.7 Å². The summed E-state index contributed by atoms with van der Waals surface area (Å²) in [6.07, 6.45) is -0.104. The van der Waals surface area contributed by atoms with Crippen molar-refractivity contribution in [2.24, 2.45) is 0 Å². The number of carbonyl (C=O) groups excluding carboxylic acids is 4. The number of ether oxygens (including phenoxy) is 2. The van der Waals surface area contributed by atoms with E-state index < -0.39 is 17.1 Å². The van der Waals surface area contributed by atoms with Gasteiger partial charge in [0.05, 0.1) is 14.1 Å². The van der Waals surface area contributed by atoms with Crippen molar-refractivity contribution in [2.45, 2.75) is 12.8 Å². The van der Waals surface area contributed by atoms with E-state index >= 15 is 0 Å². The summed E-state index contributed by atoms with van der Waals surface area (Å²) in [5.74, 6) is -1.17. The molecular formula is C12H20NO6S+. The van der Waals surface area contributed by atoms with Gasteiger partial charge in [-0.15, -0.1) is 12.6 Å². The van der Waals surface area contributed by atoms with Crippen LogP contribution in [0.2, 0.25) is 0 Å². The maximum absolute atomic E-state index is 11.1. The molecule has 0 aromatic carbocycles. The number of aldehydes is 1. The first-order valence-corrected chi connectivity index (χ1v) is 6.50. The summed E-state index contributed by atoms with van der Waals surface area (Å²) in [6, 6.07) is 0. The highest BCUT2D eigenvalue weighted by Crippen LogP contribution is 1.99. The number of quaternary nitrogens is 1. The van der Waals surface area contributed by atoms with Gasteiger partial charge in [0, 0.05) is 0 Å². The molecule has 0 saturated carbocycles. The molecule has 0 rings (SSSR count). The van der Waals surface area contributed by atoms with E-state index in [4.69, 9.17) is 9.47 Å². The van der Waals surface area contributed by atoms with E-state index in [2.05, 4.69) is 12.6 Å². The lowest BCUT2D eigenvalue weighted by atomic mass is 10.4. The summed E-state index contributed by atoms with van der Waals surface area (Å²) in [5, 5.41) is -0.536. The number of likely N-dealkylation sites (N-methyl/N-ethyl adjacent to an activating group) is 1. The normalized spacial score (nSPS) is 10.8. The van der Waals surface area contributed by atoms with Gasteiger partial charge in [-0.05, 0) is 0 Å². The third-order valence-electron chi connectivity index (χ3n) is 2.46. The lowest BCUT2D eigenvalue weighted by Crippen LogP contribution is -2.45. The number of nitrogens with zero attached hydrogens (tertiary/aromatic N) is 1. The lowest BCUT2D eigenvalue weighted by Gasteiger charge is -2.29. The molecule has 0 N–H and O–H groups in total. The second kappa shape index (κ2) is 9.49. The van der Waals surface area contributed by atoms with E-state index in [-0.39, 0.29) is 26.1 Å². The Bertz CT molecular complexity index is 369. The first-order chi connectivity index (χ1) is 9.26. The van der Waals surface area contributed by atoms with Crippen molar-refractivity contribution in [1.29, 1.82) is 0 Å². The highest BCUT2D eigenvalue weighted by atomic mass is 32.1. The van der Waals surface area contributed by atoms with Crippen molar-refractivity contribution in [3.8, 4) is 0 Å². The zero-order chi connectivity index (χ0) is 15.6. The van der Waals surface area contributed by atoms with E-state index in [0.29, 0.717) is 23.9 Å². The zero-order valence-electron chi connectivity index (χ0n) is 11.7. The smallest absolute Gasteiger partial charge is 0.314 e. The van der Waals surface area contributed by atoms with E-state index in [1.165, 1.54) is 0 Å². The Kier molecular flexibility index (Phi) is 8.82. The number of carbonyl (C=O) groups is 4. The molecule has 0 bridgehead atoms. The van der Waals surface area contributed by atoms with E-state index in [0.717, 1.165) is 0 Å². The largest absolute Gasteiger partial charge is 0.459 e. The molecule has 0 fully saturated rings. The molecule has 0 amide bonds. The van der Waals surface area contributed by atoms with Crippen LogP contribution >= 0.6 is 12.6 Å². The third kappa shape index (κ3) is 10.5. The van der Waals surface area contributed by atoms with Gasteiger partial charge in [-0.25, -0.2) is 0 Å². The predicted molar refractivity (Wildman–Crippen MR) is 73.1 cm³/mol. The van der Waals surface area contributed by atoms with Crippen LogP contribution in [0.5, 0.6) is 0 Å². The summed E-state index contributed by atoms with van der Waals surface area (Å²) in [6.45, 7) is 1.38. The summed E-state index contributed by atoms with van der Waals surface area (Å²) < 4.78 is 10.2. The first-order valence-electron chi connectivity index (χ1n) is 6.05. The van der Waals surface area contributed by atoms with Gasteiger partial charge < -0.3 is 18.8 Å². The molecule has 0 aromatic heterocycles. The molecule has 0 aliphatic rings. The minimum Gasteiger partial charge on any atom is -0.459 e. The number of hydrogen-bond donors (Lipinski definition) is 1. The van der Waals surface area contributed by atoms with Gasteiger partial charge in [-0.1, -0.05) is 0 Å². The van der Waals surface area contributed by atoms with Crippen LogP contribution in [0, 0.1) is 0 Å². The Morgan fingerprint density at radius 2 is 1.55 bits per heavy atom. The Hall–Kier alpha value is -1.41. The fraction of sp³-hybridized carbons (Fsp3) is 0.667. The molecule has 0 saturated heterocycles. The van der Waals surface area contributed by atoms with Crippen LogP contribution in [0.1, 0.15) is 12.8 Å². The van der Waals surface area contributed by atoms with Crippen molar-refractivity contribution in [2.75, 3.05) is 40.4 Å². The SMILES string of the molecule is C[N+](C)(CCOC(=O)CC=O)CCOC(=O)CC(=O)S. The van der Waals surface area contributed by atoms with Crippen LogP contribution in [0.4, 0.5) is 0 Å². The van der Waals surface area contributed by atoms with Crippen molar-refractivity contribution in [3.05, 3.63) is 0 Å². The highest BCUT2D eigenvalue weighted by Gasteiger charge is 2.17. The Morgan fingerprint density at radius 1 is 1.05 bits per heavy atom. The van der Waals surface area contributed by atoms with Gasteiger partial charge in [-0.2, -0.15) is 0 Å². The van der Waals surface area contributed by atoms with Crippen LogP contribution in [0.25, 0.3) is 0 Å². The molecular weight excluding hydrogens is 286 g/mol. The van der Waals surface area contributed by atoms with Crippen molar-refractivity contribution < 1.29 is 33.1 Å². The molecule has 0 atom stereocenters. The Balaban J connectivity index is 3.84. The molecule has 0 aromatic rings.